The molecule has 0 saturated heterocycles. The van der Waals surface area contributed by atoms with Gasteiger partial charge in [0.2, 0.25) is 11.7 Å². The number of nitrogens with zero attached hydrogens (tertiary/aromatic N) is 2. The van der Waals surface area contributed by atoms with Gasteiger partial charge in [-0.3, -0.25) is 0 Å². The highest BCUT2D eigenvalue weighted by molar-refractivity contribution is 5.89. The van der Waals surface area contributed by atoms with Crippen molar-refractivity contribution in [1.82, 2.24) is 0 Å². The molecule has 1 heterocycles. The molecule has 2 aromatic rings. The Hall–Kier alpha value is -3.29. The largest absolute Gasteiger partial charge is 0.493 e. The molecule has 0 saturated carbocycles. The van der Waals surface area contributed by atoms with Crippen molar-refractivity contribution in [1.29, 1.82) is 0 Å². The van der Waals surface area contributed by atoms with E-state index in [9.17, 15) is 4.79 Å². The summed E-state index contributed by atoms with van der Waals surface area (Å²) in [5, 5.41) is 7.17. The molecule has 4 N–H and O–H groups in total. The monoisotopic (exact) mass is 302 g/mol. The van der Waals surface area contributed by atoms with Crippen LogP contribution in [0.25, 0.3) is 0 Å². The molecule has 0 bridgehead atoms. The van der Waals surface area contributed by atoms with E-state index in [1.807, 2.05) is 0 Å². The third-order valence-electron chi connectivity index (χ3n) is 2.49. The number of carbonyl (C=O) groups is 1. The fourth-order valence-corrected chi connectivity index (χ4v) is 1.56. The summed E-state index contributed by atoms with van der Waals surface area (Å²) in [5.41, 5.74) is 11.0. The first-order chi connectivity index (χ1) is 10.6. The molecule has 8 heteroatoms. The summed E-state index contributed by atoms with van der Waals surface area (Å²) in [6, 6.07) is 7.95. The number of guanidine groups is 1. The molecule has 1 aromatic carbocycles. The van der Waals surface area contributed by atoms with E-state index < -0.39 is 5.97 Å². The average molecular weight is 302 g/mol. The molecule has 0 radical (unpaired) electrons. The Morgan fingerprint density at radius 3 is 2.73 bits per heavy atom. The number of nitrogens with two attached hydrogens (primary N) is 2. The summed E-state index contributed by atoms with van der Waals surface area (Å²) in [6.07, 6.45) is 2.82. The van der Waals surface area contributed by atoms with E-state index in [-0.39, 0.29) is 17.5 Å². The molecule has 1 aromatic heterocycles. The zero-order chi connectivity index (χ0) is 15.9. The molecule has 0 fully saturated rings. The van der Waals surface area contributed by atoms with E-state index in [2.05, 4.69) is 10.2 Å². The molecule has 8 nitrogen and oxygen atoms in total. The van der Waals surface area contributed by atoms with Crippen LogP contribution in [-0.4, -0.2) is 25.3 Å². The zero-order valence-corrected chi connectivity index (χ0v) is 11.7. The Morgan fingerprint density at radius 2 is 2.09 bits per heavy atom. The third kappa shape index (κ3) is 3.85. The summed E-state index contributed by atoms with van der Waals surface area (Å²) in [5.74, 6) is -0.0608. The number of rotatable bonds is 5. The number of ether oxygens (including phenoxy) is 2. The molecule has 0 aliphatic rings. The van der Waals surface area contributed by atoms with Gasteiger partial charge >= 0.3 is 5.97 Å². The second-order valence-electron chi connectivity index (χ2n) is 4.05. The van der Waals surface area contributed by atoms with Crippen LogP contribution < -0.4 is 20.9 Å². The van der Waals surface area contributed by atoms with Crippen LogP contribution in [0.3, 0.4) is 0 Å². The van der Waals surface area contributed by atoms with E-state index in [1.165, 1.54) is 25.7 Å². The van der Waals surface area contributed by atoms with Crippen molar-refractivity contribution < 1.29 is 18.7 Å². The van der Waals surface area contributed by atoms with Gasteiger partial charge in [0, 0.05) is 0 Å². The number of benzene rings is 1. The van der Waals surface area contributed by atoms with Crippen molar-refractivity contribution in [3.05, 3.63) is 47.9 Å². The van der Waals surface area contributed by atoms with Crippen molar-refractivity contribution in [3.63, 3.8) is 0 Å². The van der Waals surface area contributed by atoms with E-state index >= 15 is 0 Å². The molecule has 0 atom stereocenters. The lowest BCUT2D eigenvalue weighted by Gasteiger charge is -2.08. The minimum Gasteiger partial charge on any atom is -0.493 e. The molecule has 0 aliphatic heterocycles. The van der Waals surface area contributed by atoms with Gasteiger partial charge in [0.15, 0.2) is 11.5 Å². The molecule has 22 heavy (non-hydrogen) atoms. The summed E-state index contributed by atoms with van der Waals surface area (Å²) >= 11 is 0. The molecule has 0 aliphatic carbocycles. The van der Waals surface area contributed by atoms with Gasteiger partial charge in [0.25, 0.3) is 0 Å². The van der Waals surface area contributed by atoms with Crippen LogP contribution in [0.2, 0.25) is 0 Å². The summed E-state index contributed by atoms with van der Waals surface area (Å²) < 4.78 is 15.4. The van der Waals surface area contributed by atoms with Gasteiger partial charge in [-0.2, -0.15) is 5.10 Å². The predicted octanol–water partition coefficient (Wildman–Crippen LogP) is 1.11. The molecule has 114 valence electrons. The lowest BCUT2D eigenvalue weighted by Crippen LogP contribution is -2.21. The van der Waals surface area contributed by atoms with E-state index in [0.29, 0.717) is 11.3 Å². The molecule has 0 unspecified atom stereocenters. The third-order valence-corrected chi connectivity index (χ3v) is 2.49. The Kier molecular flexibility index (Phi) is 4.76. The standard InChI is InChI=1S/C14H14N4O4/c1-20-12-7-9(8-17-18-14(15)16)4-5-10(12)22-13(19)11-3-2-6-21-11/h2-8H,1H3,(H4,15,16,18)/b17-8+. The molecular weight excluding hydrogens is 288 g/mol. The fourth-order valence-electron chi connectivity index (χ4n) is 1.56. The van der Waals surface area contributed by atoms with Gasteiger partial charge < -0.3 is 25.4 Å². The highest BCUT2D eigenvalue weighted by Gasteiger charge is 2.14. The fraction of sp³-hybridized carbons (Fsp3) is 0.0714. The molecule has 0 spiro atoms. The maximum atomic E-state index is 11.8. The van der Waals surface area contributed by atoms with Crippen LogP contribution in [-0.2, 0) is 0 Å². The van der Waals surface area contributed by atoms with Crippen LogP contribution in [0.5, 0.6) is 11.5 Å². The Morgan fingerprint density at radius 1 is 1.27 bits per heavy atom. The Labute approximate surface area is 126 Å². The predicted molar refractivity (Wildman–Crippen MR) is 80.1 cm³/mol. The van der Waals surface area contributed by atoms with Crippen molar-refractivity contribution in [2.75, 3.05) is 7.11 Å². The second-order valence-corrected chi connectivity index (χ2v) is 4.05. The molecule has 0 amide bonds. The van der Waals surface area contributed by atoms with Crippen molar-refractivity contribution in [3.8, 4) is 11.5 Å². The van der Waals surface area contributed by atoms with E-state index in [0.717, 1.165) is 0 Å². The van der Waals surface area contributed by atoms with Gasteiger partial charge in [-0.1, -0.05) is 0 Å². The van der Waals surface area contributed by atoms with Gasteiger partial charge in [-0.25, -0.2) is 4.79 Å². The first-order valence-electron chi connectivity index (χ1n) is 6.16. The molecule has 2 rings (SSSR count). The van der Waals surface area contributed by atoms with Gasteiger partial charge in [-0.15, -0.1) is 5.10 Å². The molecular formula is C14H14N4O4. The van der Waals surface area contributed by atoms with Gasteiger partial charge in [0.1, 0.15) is 0 Å². The minimum atomic E-state index is -0.620. The van der Waals surface area contributed by atoms with Crippen molar-refractivity contribution >= 4 is 18.1 Å². The normalized spacial score (nSPS) is 10.4. The Balaban J connectivity index is 2.17. The maximum Gasteiger partial charge on any atom is 0.379 e. The number of furan rings is 1. The van der Waals surface area contributed by atoms with Crippen molar-refractivity contribution in [2.24, 2.45) is 21.7 Å². The van der Waals surface area contributed by atoms with E-state index in [1.54, 1.807) is 24.3 Å². The second kappa shape index (κ2) is 6.93. The van der Waals surface area contributed by atoms with Crippen LogP contribution in [0.1, 0.15) is 16.1 Å². The number of hydrogen-bond donors (Lipinski definition) is 2. The van der Waals surface area contributed by atoms with E-state index in [4.69, 9.17) is 25.4 Å². The minimum absolute atomic E-state index is 0.0976. The van der Waals surface area contributed by atoms with Gasteiger partial charge in [-0.05, 0) is 35.9 Å². The van der Waals surface area contributed by atoms with Crippen LogP contribution in [0.4, 0.5) is 0 Å². The lowest BCUT2D eigenvalue weighted by atomic mass is 10.2. The topological polar surface area (TPSA) is 125 Å². The van der Waals surface area contributed by atoms with Gasteiger partial charge in [0.05, 0.1) is 19.6 Å². The highest BCUT2D eigenvalue weighted by atomic mass is 16.6. The van der Waals surface area contributed by atoms with Crippen LogP contribution >= 0.6 is 0 Å². The Bertz CT molecular complexity index is 704. The quantitative estimate of drug-likeness (QED) is 0.280. The lowest BCUT2D eigenvalue weighted by molar-refractivity contribution is 0.0696. The summed E-state index contributed by atoms with van der Waals surface area (Å²) in [4.78, 5) is 11.8. The summed E-state index contributed by atoms with van der Waals surface area (Å²) in [7, 11) is 1.45. The number of hydrogen-bond acceptors (Lipinski definition) is 6. The van der Waals surface area contributed by atoms with Crippen LogP contribution in [0, 0.1) is 0 Å². The van der Waals surface area contributed by atoms with Crippen molar-refractivity contribution in [2.45, 2.75) is 0 Å². The zero-order valence-electron chi connectivity index (χ0n) is 11.7. The maximum absolute atomic E-state index is 11.8. The summed E-state index contributed by atoms with van der Waals surface area (Å²) in [6.45, 7) is 0. The highest BCUT2D eigenvalue weighted by Crippen LogP contribution is 2.28. The number of carbonyl (C=O) groups excluding carboxylic acids is 1. The SMILES string of the molecule is COc1cc(/C=N/N=C(N)N)ccc1OC(=O)c1ccco1. The van der Waals surface area contributed by atoms with Crippen LogP contribution in [0.15, 0.2) is 51.2 Å². The average Bonchev–Trinajstić information content (AvgIpc) is 3.02. The smallest absolute Gasteiger partial charge is 0.379 e. The first-order valence-corrected chi connectivity index (χ1v) is 6.16. The number of esters is 1. The first kappa shape index (κ1) is 15.1. The number of methoxy groups -OCH3 is 1.